The molecule has 0 aromatic heterocycles. The molecule has 2 heterocycles. The van der Waals surface area contributed by atoms with Crippen LogP contribution in [0.2, 0.25) is 0 Å². The van der Waals surface area contributed by atoms with Gasteiger partial charge in [0, 0.05) is 36.3 Å². The standard InChI is InChI=1S/C15H19N3O3.ClH/c1-10-6-11(8-14(7-10)18(20)21)15(19)17-12-2-3-13(17)9-16-5-4-12;/h6-8,12-13,16H,2-5,9H2,1H3;1H. The number of hydrogen-bond donors (Lipinski definition) is 1. The lowest BCUT2D eigenvalue weighted by Gasteiger charge is -2.28. The highest BCUT2D eigenvalue weighted by Crippen LogP contribution is 2.30. The molecule has 0 saturated carbocycles. The van der Waals surface area contributed by atoms with Gasteiger partial charge in [-0.05, 0) is 44.4 Å². The molecule has 120 valence electrons. The molecule has 2 fully saturated rings. The molecule has 1 N–H and O–H groups in total. The summed E-state index contributed by atoms with van der Waals surface area (Å²) in [5.41, 5.74) is 1.16. The molecule has 1 aromatic carbocycles. The smallest absolute Gasteiger partial charge is 0.270 e. The number of aryl methyl sites for hydroxylation is 1. The lowest BCUT2D eigenvalue weighted by atomic mass is 10.1. The second-order valence-corrected chi connectivity index (χ2v) is 5.90. The van der Waals surface area contributed by atoms with E-state index in [0.29, 0.717) is 5.56 Å². The van der Waals surface area contributed by atoms with E-state index in [9.17, 15) is 14.9 Å². The molecule has 3 rings (SSSR count). The summed E-state index contributed by atoms with van der Waals surface area (Å²) in [4.78, 5) is 25.3. The molecule has 22 heavy (non-hydrogen) atoms. The average molecular weight is 326 g/mol. The van der Waals surface area contributed by atoms with Gasteiger partial charge >= 0.3 is 0 Å². The molecule has 2 bridgehead atoms. The molecular weight excluding hydrogens is 306 g/mol. The molecule has 2 atom stereocenters. The summed E-state index contributed by atoms with van der Waals surface area (Å²) < 4.78 is 0. The third-order valence-corrected chi connectivity index (χ3v) is 4.41. The van der Waals surface area contributed by atoms with Gasteiger partial charge in [0.15, 0.2) is 0 Å². The van der Waals surface area contributed by atoms with Gasteiger partial charge in [0.2, 0.25) is 0 Å². The van der Waals surface area contributed by atoms with Crippen molar-refractivity contribution >= 4 is 24.0 Å². The Morgan fingerprint density at radius 1 is 1.27 bits per heavy atom. The highest BCUT2D eigenvalue weighted by atomic mass is 35.5. The van der Waals surface area contributed by atoms with Gasteiger partial charge in [-0.3, -0.25) is 14.9 Å². The Hall–Kier alpha value is -1.66. The number of nitrogens with zero attached hydrogens (tertiary/aromatic N) is 2. The van der Waals surface area contributed by atoms with E-state index in [-0.39, 0.29) is 36.1 Å². The Labute approximate surface area is 135 Å². The minimum atomic E-state index is -0.442. The fraction of sp³-hybridized carbons (Fsp3) is 0.533. The number of rotatable bonds is 2. The fourth-order valence-electron chi connectivity index (χ4n) is 3.45. The number of fused-ring (bicyclic) bond motifs is 2. The van der Waals surface area contributed by atoms with E-state index in [1.54, 1.807) is 13.0 Å². The third kappa shape index (κ3) is 3.08. The Kier molecular flexibility index (Phi) is 5.03. The van der Waals surface area contributed by atoms with Crippen LogP contribution in [0.25, 0.3) is 0 Å². The topological polar surface area (TPSA) is 75.5 Å². The van der Waals surface area contributed by atoms with E-state index in [4.69, 9.17) is 0 Å². The van der Waals surface area contributed by atoms with E-state index < -0.39 is 4.92 Å². The van der Waals surface area contributed by atoms with Gasteiger partial charge in [0.25, 0.3) is 11.6 Å². The van der Waals surface area contributed by atoms with Gasteiger partial charge in [0.05, 0.1) is 4.92 Å². The zero-order valence-corrected chi connectivity index (χ0v) is 13.3. The van der Waals surface area contributed by atoms with E-state index in [0.717, 1.165) is 37.9 Å². The predicted octanol–water partition coefficient (Wildman–Crippen LogP) is 2.29. The molecule has 0 aliphatic carbocycles. The first kappa shape index (κ1) is 16.7. The number of nitrogens with one attached hydrogen (secondary N) is 1. The van der Waals surface area contributed by atoms with Crippen LogP contribution < -0.4 is 5.32 Å². The maximum Gasteiger partial charge on any atom is 0.270 e. The predicted molar refractivity (Wildman–Crippen MR) is 85.5 cm³/mol. The van der Waals surface area contributed by atoms with E-state index in [1.165, 1.54) is 12.1 Å². The first-order valence-electron chi connectivity index (χ1n) is 7.36. The van der Waals surface area contributed by atoms with Crippen LogP contribution in [0.4, 0.5) is 5.69 Å². The van der Waals surface area contributed by atoms with Crippen molar-refractivity contribution in [3.05, 3.63) is 39.4 Å². The largest absolute Gasteiger partial charge is 0.331 e. The number of amides is 1. The summed E-state index contributed by atoms with van der Waals surface area (Å²) in [6.07, 6.45) is 3.00. The van der Waals surface area contributed by atoms with Crippen molar-refractivity contribution in [2.24, 2.45) is 0 Å². The minimum absolute atomic E-state index is 0. The van der Waals surface area contributed by atoms with Crippen molar-refractivity contribution in [2.45, 2.75) is 38.3 Å². The van der Waals surface area contributed by atoms with Crippen LogP contribution in [0.3, 0.4) is 0 Å². The second-order valence-electron chi connectivity index (χ2n) is 5.90. The van der Waals surface area contributed by atoms with Crippen LogP contribution in [0.1, 0.15) is 35.2 Å². The zero-order valence-electron chi connectivity index (χ0n) is 12.4. The van der Waals surface area contributed by atoms with Crippen LogP contribution in [0, 0.1) is 17.0 Å². The highest BCUT2D eigenvalue weighted by Gasteiger charge is 2.38. The lowest BCUT2D eigenvalue weighted by molar-refractivity contribution is -0.384. The van der Waals surface area contributed by atoms with Crippen molar-refractivity contribution in [2.75, 3.05) is 13.1 Å². The van der Waals surface area contributed by atoms with Crippen LogP contribution in [-0.4, -0.2) is 40.9 Å². The Morgan fingerprint density at radius 3 is 2.73 bits per heavy atom. The van der Waals surface area contributed by atoms with Crippen molar-refractivity contribution in [3.63, 3.8) is 0 Å². The molecule has 2 saturated heterocycles. The summed E-state index contributed by atoms with van der Waals surface area (Å²) >= 11 is 0. The normalized spacial score (nSPS) is 23.6. The Bertz CT molecular complexity index is 579. The molecule has 6 nitrogen and oxygen atoms in total. The molecule has 1 aromatic rings. The van der Waals surface area contributed by atoms with Gasteiger partial charge in [-0.25, -0.2) is 0 Å². The Morgan fingerprint density at radius 2 is 2.00 bits per heavy atom. The summed E-state index contributed by atoms with van der Waals surface area (Å²) in [5, 5.41) is 14.3. The van der Waals surface area contributed by atoms with Gasteiger partial charge in [-0.2, -0.15) is 0 Å². The summed E-state index contributed by atoms with van der Waals surface area (Å²) in [5.74, 6) is -0.0713. The first-order chi connectivity index (χ1) is 10.1. The molecule has 7 heteroatoms. The van der Waals surface area contributed by atoms with Crippen molar-refractivity contribution in [3.8, 4) is 0 Å². The van der Waals surface area contributed by atoms with Gasteiger partial charge < -0.3 is 10.2 Å². The highest BCUT2D eigenvalue weighted by molar-refractivity contribution is 5.95. The lowest BCUT2D eigenvalue weighted by Crippen LogP contribution is -2.42. The summed E-state index contributed by atoms with van der Waals surface area (Å²) in [6.45, 7) is 3.53. The molecular formula is C15H20ClN3O3. The van der Waals surface area contributed by atoms with Gasteiger partial charge in [-0.15, -0.1) is 12.4 Å². The molecule has 2 aliphatic heterocycles. The quantitative estimate of drug-likeness (QED) is 0.668. The summed E-state index contributed by atoms with van der Waals surface area (Å²) in [7, 11) is 0. The SMILES string of the molecule is Cc1cc(C(=O)N2C3CCNCC2CC3)cc([N+](=O)[O-])c1.Cl. The first-order valence-corrected chi connectivity index (χ1v) is 7.36. The van der Waals surface area contributed by atoms with Crippen LogP contribution in [0.15, 0.2) is 18.2 Å². The number of carbonyl (C=O) groups excluding carboxylic acids is 1. The third-order valence-electron chi connectivity index (χ3n) is 4.41. The van der Waals surface area contributed by atoms with Gasteiger partial charge in [0.1, 0.15) is 0 Å². The van der Waals surface area contributed by atoms with E-state index in [2.05, 4.69) is 5.32 Å². The zero-order chi connectivity index (χ0) is 15.0. The summed E-state index contributed by atoms with van der Waals surface area (Å²) in [6, 6.07) is 5.11. The fourth-order valence-corrected chi connectivity index (χ4v) is 3.45. The van der Waals surface area contributed by atoms with Crippen LogP contribution in [0.5, 0.6) is 0 Å². The number of hydrogen-bond acceptors (Lipinski definition) is 4. The van der Waals surface area contributed by atoms with Crippen molar-refractivity contribution < 1.29 is 9.72 Å². The maximum atomic E-state index is 12.8. The van der Waals surface area contributed by atoms with E-state index in [1.807, 2.05) is 4.90 Å². The molecule has 1 amide bonds. The van der Waals surface area contributed by atoms with Gasteiger partial charge in [-0.1, -0.05) is 0 Å². The van der Waals surface area contributed by atoms with Crippen molar-refractivity contribution in [1.29, 1.82) is 0 Å². The number of nitro groups is 1. The number of halogens is 1. The second kappa shape index (κ2) is 6.62. The van der Waals surface area contributed by atoms with Crippen LogP contribution >= 0.6 is 12.4 Å². The number of carbonyl (C=O) groups is 1. The maximum absolute atomic E-state index is 12.8. The van der Waals surface area contributed by atoms with Crippen molar-refractivity contribution in [1.82, 2.24) is 10.2 Å². The molecule has 0 spiro atoms. The number of benzene rings is 1. The molecule has 2 aliphatic rings. The monoisotopic (exact) mass is 325 g/mol. The molecule has 0 radical (unpaired) electrons. The minimum Gasteiger partial charge on any atom is -0.331 e. The number of non-ortho nitro benzene ring substituents is 1. The average Bonchev–Trinajstić information content (AvgIpc) is 2.70. The van der Waals surface area contributed by atoms with E-state index >= 15 is 0 Å². The molecule has 2 unspecified atom stereocenters. The Balaban J connectivity index is 0.00000176. The number of nitro benzene ring substituents is 1. The van der Waals surface area contributed by atoms with Crippen LogP contribution in [-0.2, 0) is 0 Å².